The molecule has 0 aliphatic heterocycles. The predicted octanol–water partition coefficient (Wildman–Crippen LogP) is 8.19. The molecule has 3 nitrogen and oxygen atoms in total. The van der Waals surface area contributed by atoms with Crippen LogP contribution in [0.25, 0.3) is 60.6 Å². The molecular formula is C33H23N3. The average molecular weight is 462 g/mol. The molecule has 5 aromatic carbocycles. The third-order valence-electron chi connectivity index (χ3n) is 8.03. The molecule has 0 saturated carbocycles. The van der Waals surface area contributed by atoms with Crippen LogP contribution in [0.1, 0.15) is 25.0 Å². The maximum Gasteiger partial charge on any atom is 0.235 e. The quantitative estimate of drug-likeness (QED) is 0.247. The van der Waals surface area contributed by atoms with E-state index in [1.54, 1.807) is 0 Å². The van der Waals surface area contributed by atoms with Gasteiger partial charge in [0.1, 0.15) is 0 Å². The lowest BCUT2D eigenvalue weighted by Gasteiger charge is -2.22. The SMILES string of the molecule is CC1(C)c2cc3c(cc2-c2c1ccc1ccccc21)c1ccccc1n3-c1ncc2ccccc2n1. The van der Waals surface area contributed by atoms with Crippen molar-refractivity contribution in [1.82, 2.24) is 14.5 Å². The van der Waals surface area contributed by atoms with Gasteiger partial charge in [-0.15, -0.1) is 0 Å². The molecule has 8 rings (SSSR count). The van der Waals surface area contributed by atoms with E-state index in [0.717, 1.165) is 21.9 Å². The van der Waals surface area contributed by atoms with Gasteiger partial charge in [-0.25, -0.2) is 9.97 Å². The van der Waals surface area contributed by atoms with Gasteiger partial charge in [0.05, 0.1) is 16.6 Å². The molecule has 0 radical (unpaired) electrons. The first-order chi connectivity index (χ1) is 17.6. The number of nitrogens with zero attached hydrogens (tertiary/aromatic N) is 3. The standard InChI is InChI=1S/C33H23N3/c1-33(2)26-16-15-20-9-3-5-11-22(20)31(26)25-17-24-23-12-6-8-14-29(23)36(30(24)18-27(25)33)32-34-19-21-10-4-7-13-28(21)35-32/h3-19H,1-2H3. The second-order valence-electron chi connectivity index (χ2n) is 10.3. The van der Waals surface area contributed by atoms with Gasteiger partial charge in [0, 0.05) is 27.8 Å². The lowest BCUT2D eigenvalue weighted by molar-refractivity contribution is 0.661. The van der Waals surface area contributed by atoms with Gasteiger partial charge in [-0.2, -0.15) is 0 Å². The fourth-order valence-electron chi connectivity index (χ4n) is 6.25. The monoisotopic (exact) mass is 461 g/mol. The molecule has 1 aliphatic carbocycles. The zero-order chi connectivity index (χ0) is 24.0. The van der Waals surface area contributed by atoms with Gasteiger partial charge in [-0.05, 0) is 57.3 Å². The van der Waals surface area contributed by atoms with Crippen LogP contribution in [0.5, 0.6) is 0 Å². The Kier molecular flexibility index (Phi) is 3.73. The molecule has 3 heteroatoms. The average Bonchev–Trinajstić information content (AvgIpc) is 3.36. The van der Waals surface area contributed by atoms with Crippen molar-refractivity contribution in [2.24, 2.45) is 0 Å². The van der Waals surface area contributed by atoms with Crippen LogP contribution in [0.4, 0.5) is 0 Å². The van der Waals surface area contributed by atoms with E-state index in [0.29, 0.717) is 5.95 Å². The lowest BCUT2D eigenvalue weighted by Crippen LogP contribution is -2.15. The summed E-state index contributed by atoms with van der Waals surface area (Å²) < 4.78 is 2.23. The third kappa shape index (κ3) is 2.47. The van der Waals surface area contributed by atoms with Crippen LogP contribution in [-0.2, 0) is 5.41 Å². The van der Waals surface area contributed by atoms with E-state index in [4.69, 9.17) is 9.97 Å². The fraction of sp³-hybridized carbons (Fsp3) is 0.0909. The van der Waals surface area contributed by atoms with Gasteiger partial charge in [-0.3, -0.25) is 4.57 Å². The van der Waals surface area contributed by atoms with Gasteiger partial charge >= 0.3 is 0 Å². The van der Waals surface area contributed by atoms with E-state index >= 15 is 0 Å². The Bertz CT molecular complexity index is 2030. The minimum absolute atomic E-state index is 0.103. The molecule has 36 heavy (non-hydrogen) atoms. The predicted molar refractivity (Wildman–Crippen MR) is 149 cm³/mol. The molecule has 0 atom stereocenters. The van der Waals surface area contributed by atoms with Gasteiger partial charge < -0.3 is 0 Å². The van der Waals surface area contributed by atoms with Crippen molar-refractivity contribution in [3.05, 3.63) is 114 Å². The molecular weight excluding hydrogens is 438 g/mol. The van der Waals surface area contributed by atoms with Gasteiger partial charge in [0.25, 0.3) is 0 Å². The van der Waals surface area contributed by atoms with E-state index in [1.165, 1.54) is 43.8 Å². The second kappa shape index (κ2) is 6.79. The summed E-state index contributed by atoms with van der Waals surface area (Å²) in [6, 6.07) is 34.9. The Balaban J connectivity index is 1.51. The van der Waals surface area contributed by atoms with E-state index in [9.17, 15) is 0 Å². The first-order valence-corrected chi connectivity index (χ1v) is 12.4. The van der Waals surface area contributed by atoms with Crippen LogP contribution in [0.2, 0.25) is 0 Å². The summed E-state index contributed by atoms with van der Waals surface area (Å²) in [5, 5.41) is 6.11. The van der Waals surface area contributed by atoms with E-state index in [2.05, 4.69) is 103 Å². The first kappa shape index (κ1) is 19.8. The second-order valence-corrected chi connectivity index (χ2v) is 10.3. The molecule has 7 aromatic rings. The van der Waals surface area contributed by atoms with Crippen molar-refractivity contribution in [3.8, 4) is 17.1 Å². The van der Waals surface area contributed by atoms with Crippen LogP contribution >= 0.6 is 0 Å². The molecule has 170 valence electrons. The largest absolute Gasteiger partial charge is 0.278 e. The summed E-state index contributed by atoms with van der Waals surface area (Å²) in [7, 11) is 0. The van der Waals surface area contributed by atoms with Gasteiger partial charge in [0.2, 0.25) is 5.95 Å². The van der Waals surface area contributed by atoms with E-state index in [1.807, 2.05) is 18.3 Å². The Morgan fingerprint density at radius 1 is 0.639 bits per heavy atom. The van der Waals surface area contributed by atoms with Crippen molar-refractivity contribution in [1.29, 1.82) is 0 Å². The molecule has 0 unspecified atom stereocenters. The Hall–Kier alpha value is -4.50. The highest BCUT2D eigenvalue weighted by atomic mass is 15.2. The molecule has 0 spiro atoms. The molecule has 1 aliphatic rings. The topological polar surface area (TPSA) is 30.7 Å². The van der Waals surface area contributed by atoms with E-state index < -0.39 is 0 Å². The maximum absolute atomic E-state index is 4.98. The number of fused-ring (bicyclic) bond motifs is 9. The number of aromatic nitrogens is 3. The number of rotatable bonds is 1. The summed E-state index contributed by atoms with van der Waals surface area (Å²) in [5.41, 5.74) is 8.57. The Morgan fingerprint density at radius 3 is 2.28 bits per heavy atom. The van der Waals surface area contributed by atoms with Crippen molar-refractivity contribution >= 4 is 43.5 Å². The van der Waals surface area contributed by atoms with Crippen molar-refractivity contribution in [2.45, 2.75) is 19.3 Å². The van der Waals surface area contributed by atoms with Gasteiger partial charge in [0.15, 0.2) is 0 Å². The summed E-state index contributed by atoms with van der Waals surface area (Å²) in [6.07, 6.45) is 1.93. The molecule has 0 fully saturated rings. The van der Waals surface area contributed by atoms with Crippen LogP contribution in [0.3, 0.4) is 0 Å². The number of benzene rings is 5. The summed E-state index contributed by atoms with van der Waals surface area (Å²) in [6.45, 7) is 4.69. The van der Waals surface area contributed by atoms with Crippen molar-refractivity contribution in [3.63, 3.8) is 0 Å². The van der Waals surface area contributed by atoms with Crippen LogP contribution < -0.4 is 0 Å². The van der Waals surface area contributed by atoms with Gasteiger partial charge in [-0.1, -0.05) is 86.6 Å². The smallest absolute Gasteiger partial charge is 0.235 e. The zero-order valence-corrected chi connectivity index (χ0v) is 20.2. The molecule has 0 N–H and O–H groups in total. The van der Waals surface area contributed by atoms with Crippen molar-refractivity contribution in [2.75, 3.05) is 0 Å². The van der Waals surface area contributed by atoms with Crippen LogP contribution in [-0.4, -0.2) is 14.5 Å². The molecule has 0 saturated heterocycles. The van der Waals surface area contributed by atoms with Crippen LogP contribution in [0, 0.1) is 0 Å². The van der Waals surface area contributed by atoms with E-state index in [-0.39, 0.29) is 5.41 Å². The molecule has 0 bridgehead atoms. The third-order valence-corrected chi connectivity index (χ3v) is 8.03. The zero-order valence-electron chi connectivity index (χ0n) is 20.2. The Morgan fingerprint density at radius 2 is 1.39 bits per heavy atom. The summed E-state index contributed by atoms with van der Waals surface area (Å²) in [5.74, 6) is 0.707. The lowest BCUT2D eigenvalue weighted by atomic mass is 9.82. The molecule has 2 heterocycles. The van der Waals surface area contributed by atoms with Crippen LogP contribution in [0.15, 0.2) is 103 Å². The minimum Gasteiger partial charge on any atom is -0.278 e. The normalized spacial score (nSPS) is 14.1. The fourth-order valence-corrected chi connectivity index (χ4v) is 6.25. The summed E-state index contributed by atoms with van der Waals surface area (Å²) in [4.78, 5) is 9.79. The highest BCUT2D eigenvalue weighted by molar-refractivity contribution is 6.13. The highest BCUT2D eigenvalue weighted by Gasteiger charge is 2.37. The van der Waals surface area contributed by atoms with Crippen molar-refractivity contribution < 1.29 is 0 Å². The number of hydrogen-bond acceptors (Lipinski definition) is 2. The highest BCUT2D eigenvalue weighted by Crippen LogP contribution is 2.53. The molecule has 2 aromatic heterocycles. The minimum atomic E-state index is -0.103. The number of para-hydroxylation sites is 2. The first-order valence-electron chi connectivity index (χ1n) is 12.4. The summed E-state index contributed by atoms with van der Waals surface area (Å²) >= 11 is 0. The molecule has 0 amide bonds. The number of hydrogen-bond donors (Lipinski definition) is 0. The Labute approximate surface area is 208 Å². The maximum atomic E-state index is 4.98.